The lowest BCUT2D eigenvalue weighted by Gasteiger charge is -2.03. The number of nitrogens with one attached hydrogen (secondary N) is 2. The fourth-order valence-electron chi connectivity index (χ4n) is 0.632. The molecule has 0 aliphatic rings. The number of nitrogens with zero attached hydrogens (tertiary/aromatic N) is 1. The van der Waals surface area contributed by atoms with E-state index in [2.05, 4.69) is 0 Å². The van der Waals surface area contributed by atoms with Crippen molar-refractivity contribution < 1.29 is 9.90 Å². The van der Waals surface area contributed by atoms with E-state index >= 15 is 0 Å². The van der Waals surface area contributed by atoms with Gasteiger partial charge in [0, 0.05) is 0 Å². The van der Waals surface area contributed by atoms with E-state index in [9.17, 15) is 4.79 Å². The molecule has 0 fully saturated rings. The van der Waals surface area contributed by atoms with Gasteiger partial charge in [0.05, 0.1) is 0 Å². The van der Waals surface area contributed by atoms with E-state index in [1.54, 1.807) is 0 Å². The third kappa shape index (κ3) is 13.7. The Balaban J connectivity index is 0. The standard InChI is InChI=1S/C6H14N2O2.H2N3/c7-4-2-1-3-5(8)6(9)10;1-3-2/h5H,1-4,7-8H2,(H,9,10);1-2H/q;+1. The third-order valence-electron chi connectivity index (χ3n) is 1.29. The van der Waals surface area contributed by atoms with Gasteiger partial charge in [-0.1, -0.05) is 6.42 Å². The Kier molecular flexibility index (Phi) is 11.7. The van der Waals surface area contributed by atoms with Gasteiger partial charge in [0.2, 0.25) is 4.91 Å². The van der Waals surface area contributed by atoms with Crippen LogP contribution in [0.25, 0.3) is 0 Å². The molecule has 0 amide bonds. The number of aliphatic carboxylic acids is 1. The van der Waals surface area contributed by atoms with Crippen molar-refractivity contribution in [2.45, 2.75) is 25.3 Å². The largest absolute Gasteiger partial charge is 0.480 e. The summed E-state index contributed by atoms with van der Waals surface area (Å²) in [5.41, 5.74) is 21.4. The predicted octanol–water partition coefficient (Wildman–Crippen LogP) is -0.357. The molecule has 0 aromatic rings. The van der Waals surface area contributed by atoms with Crippen LogP contribution in [-0.4, -0.2) is 23.7 Å². The zero-order valence-electron chi connectivity index (χ0n) is 7.36. The highest BCUT2D eigenvalue weighted by Crippen LogP contribution is 1.96. The van der Waals surface area contributed by atoms with Crippen molar-refractivity contribution >= 4 is 5.97 Å². The van der Waals surface area contributed by atoms with Crippen molar-refractivity contribution in [3.05, 3.63) is 0 Å². The molecule has 76 valence electrons. The molecule has 7 nitrogen and oxygen atoms in total. The highest BCUT2D eigenvalue weighted by molar-refractivity contribution is 5.72. The maximum absolute atomic E-state index is 10.1. The molecule has 13 heavy (non-hydrogen) atoms. The second-order valence-corrected chi connectivity index (χ2v) is 2.34. The van der Waals surface area contributed by atoms with Gasteiger partial charge in [-0.05, 0) is 19.4 Å². The van der Waals surface area contributed by atoms with Crippen molar-refractivity contribution in [3.8, 4) is 0 Å². The molecule has 7 heteroatoms. The number of rotatable bonds is 5. The molecule has 1 unspecified atom stereocenters. The average molecular weight is 190 g/mol. The number of hydrogen-bond acceptors (Lipinski definition) is 5. The lowest BCUT2D eigenvalue weighted by atomic mass is 10.1. The van der Waals surface area contributed by atoms with Gasteiger partial charge in [-0.25, -0.2) is 0 Å². The molecule has 1 atom stereocenters. The Hall–Kier alpha value is -1.30. The molecule has 0 rings (SSSR count). The van der Waals surface area contributed by atoms with Crippen LogP contribution in [0.5, 0.6) is 0 Å². The molecule has 0 saturated carbocycles. The van der Waals surface area contributed by atoms with E-state index in [1.165, 1.54) is 0 Å². The zero-order chi connectivity index (χ0) is 10.7. The fraction of sp³-hybridized carbons (Fsp3) is 0.833. The van der Waals surface area contributed by atoms with Crippen LogP contribution in [0, 0.1) is 11.1 Å². The van der Waals surface area contributed by atoms with Gasteiger partial charge in [-0.3, -0.25) is 4.79 Å². The van der Waals surface area contributed by atoms with Crippen LogP contribution in [-0.2, 0) is 4.79 Å². The monoisotopic (exact) mass is 190 g/mol. The maximum atomic E-state index is 10.1. The van der Waals surface area contributed by atoms with Gasteiger partial charge >= 0.3 is 5.97 Å². The van der Waals surface area contributed by atoms with Gasteiger partial charge in [0.1, 0.15) is 17.1 Å². The van der Waals surface area contributed by atoms with E-state index in [0.29, 0.717) is 13.0 Å². The van der Waals surface area contributed by atoms with Crippen molar-refractivity contribution in [1.82, 2.24) is 4.91 Å². The van der Waals surface area contributed by atoms with Gasteiger partial charge in [0.25, 0.3) is 0 Å². The summed E-state index contributed by atoms with van der Waals surface area (Å²) in [5.74, 6) is -0.933. The summed E-state index contributed by atoms with van der Waals surface area (Å²) >= 11 is 0. The second kappa shape index (κ2) is 10.7. The summed E-state index contributed by atoms with van der Waals surface area (Å²) in [6, 6.07) is -0.716. The summed E-state index contributed by atoms with van der Waals surface area (Å²) < 4.78 is 0. The van der Waals surface area contributed by atoms with E-state index in [1.807, 2.05) is 4.91 Å². The van der Waals surface area contributed by atoms with E-state index in [-0.39, 0.29) is 0 Å². The van der Waals surface area contributed by atoms with Crippen LogP contribution in [0.4, 0.5) is 0 Å². The molecule has 0 heterocycles. The molecule has 0 saturated heterocycles. The normalized spacial score (nSPS) is 10.6. The summed E-state index contributed by atoms with van der Waals surface area (Å²) in [6.45, 7) is 0.604. The van der Waals surface area contributed by atoms with Gasteiger partial charge in [0.15, 0.2) is 0 Å². The molecule has 7 N–H and O–H groups in total. The molecule has 0 bridgehead atoms. The Morgan fingerprint density at radius 1 is 1.46 bits per heavy atom. The minimum Gasteiger partial charge on any atom is -0.480 e. The molecule has 0 aliphatic heterocycles. The fourth-order valence-corrected chi connectivity index (χ4v) is 0.632. The first-order valence-corrected chi connectivity index (χ1v) is 3.81. The Labute approximate surface area is 76.1 Å². The van der Waals surface area contributed by atoms with Crippen LogP contribution in [0.1, 0.15) is 19.3 Å². The van der Waals surface area contributed by atoms with Crippen molar-refractivity contribution in [3.63, 3.8) is 0 Å². The summed E-state index contributed by atoms with van der Waals surface area (Å²) in [6.07, 6.45) is 2.16. The predicted molar refractivity (Wildman–Crippen MR) is 46.1 cm³/mol. The van der Waals surface area contributed by atoms with Gasteiger partial charge in [-0.15, -0.1) is 0 Å². The SMILES string of the molecule is N=[N+]=N.NCCCCC(N)C(=O)O. The molecule has 0 aliphatic carbocycles. The Morgan fingerprint density at radius 3 is 2.23 bits per heavy atom. The number of carboxylic acid groups (broad SMARTS) is 1. The van der Waals surface area contributed by atoms with Crippen LogP contribution in [0.15, 0.2) is 0 Å². The van der Waals surface area contributed by atoms with Gasteiger partial charge in [-0.2, -0.15) is 0 Å². The highest BCUT2D eigenvalue weighted by atomic mass is 16.4. The molecule has 0 aromatic heterocycles. The second-order valence-electron chi connectivity index (χ2n) is 2.34. The lowest BCUT2D eigenvalue weighted by molar-refractivity contribution is -0.138. The smallest absolute Gasteiger partial charge is 0.320 e. The first-order valence-electron chi connectivity index (χ1n) is 3.81. The molecule has 0 radical (unpaired) electrons. The molecular weight excluding hydrogens is 174 g/mol. The first-order chi connectivity index (χ1) is 6.09. The molecule has 0 aromatic carbocycles. The minimum absolute atomic E-state index is 0.520. The summed E-state index contributed by atoms with van der Waals surface area (Å²) in [7, 11) is 0. The number of hydrogen-bond donors (Lipinski definition) is 5. The number of unbranched alkanes of at least 4 members (excludes halogenated alkanes) is 1. The van der Waals surface area contributed by atoms with Crippen LogP contribution in [0.2, 0.25) is 0 Å². The van der Waals surface area contributed by atoms with Crippen LogP contribution < -0.4 is 16.4 Å². The quantitative estimate of drug-likeness (QED) is 0.228. The number of carbonyl (C=O) groups is 1. The van der Waals surface area contributed by atoms with E-state index in [4.69, 9.17) is 27.6 Å². The summed E-state index contributed by atoms with van der Waals surface area (Å²) in [4.78, 5) is 12.1. The minimum atomic E-state index is -0.933. The topological polar surface area (TPSA) is 151 Å². The van der Waals surface area contributed by atoms with Crippen LogP contribution in [0.3, 0.4) is 0 Å². The Bertz CT molecular complexity index is 166. The highest BCUT2D eigenvalue weighted by Gasteiger charge is 2.09. The average Bonchev–Trinajstić information content (AvgIpc) is 2.06. The lowest BCUT2D eigenvalue weighted by Crippen LogP contribution is -2.29. The van der Waals surface area contributed by atoms with E-state index < -0.39 is 12.0 Å². The Morgan fingerprint density at radius 2 is 1.92 bits per heavy atom. The van der Waals surface area contributed by atoms with Crippen molar-refractivity contribution in [2.24, 2.45) is 11.5 Å². The van der Waals surface area contributed by atoms with Gasteiger partial charge < -0.3 is 16.6 Å². The number of carboxylic acids is 1. The molecular formula is C6H16N5O2+. The van der Waals surface area contributed by atoms with Crippen molar-refractivity contribution in [2.75, 3.05) is 6.54 Å². The van der Waals surface area contributed by atoms with Crippen molar-refractivity contribution in [1.29, 1.82) is 11.1 Å². The number of nitrogens with two attached hydrogens (primary N) is 2. The van der Waals surface area contributed by atoms with E-state index in [0.717, 1.165) is 12.8 Å². The first kappa shape index (κ1) is 14.2. The van der Waals surface area contributed by atoms with Crippen LogP contribution >= 0.6 is 0 Å². The third-order valence-corrected chi connectivity index (χ3v) is 1.29. The summed E-state index contributed by atoms with van der Waals surface area (Å²) in [5, 5.41) is 8.33. The zero-order valence-corrected chi connectivity index (χ0v) is 7.36. The maximum Gasteiger partial charge on any atom is 0.320 e. The molecule has 0 spiro atoms.